The Bertz CT molecular complexity index is 473. The van der Waals surface area contributed by atoms with Gasteiger partial charge < -0.3 is 19.5 Å². The largest absolute Gasteiger partial charge is 0.478 e. The predicted octanol–water partition coefficient (Wildman–Crippen LogP) is 0.512. The molecule has 0 saturated heterocycles. The molecule has 1 atom stereocenters. The summed E-state index contributed by atoms with van der Waals surface area (Å²) in [5.41, 5.74) is 0.567. The smallest absolute Gasteiger partial charge is 0.346 e. The van der Waals surface area contributed by atoms with Gasteiger partial charge in [0.15, 0.2) is 0 Å². The molecule has 1 aliphatic heterocycles. The van der Waals surface area contributed by atoms with Gasteiger partial charge in [-0.15, -0.1) is 0 Å². The number of carbonyl (C=O) groups excluding carboxylic acids is 1. The number of rotatable bonds is 3. The fraction of sp³-hybridized carbons (Fsp3) is 0.333. The van der Waals surface area contributed by atoms with Crippen LogP contribution in [0.3, 0.4) is 0 Å². The molecule has 96 valence electrons. The third kappa shape index (κ3) is 2.28. The van der Waals surface area contributed by atoms with Crippen LogP contribution in [0.15, 0.2) is 24.3 Å². The summed E-state index contributed by atoms with van der Waals surface area (Å²) in [6, 6.07) is 6.83. The van der Waals surface area contributed by atoms with Crippen molar-refractivity contribution in [3.05, 3.63) is 24.3 Å². The molecule has 0 fully saturated rings. The minimum Gasteiger partial charge on any atom is -0.478 e. The number of anilines is 1. The molecule has 1 heterocycles. The number of para-hydroxylation sites is 2. The molecule has 1 aromatic rings. The Balaban J connectivity index is 2.33. The standard InChI is InChI=1S/C12H13NO5/c1-17-7-11(14)13-6-10(12(15)16)18-9-5-3-2-4-8(9)13/h2-5,10H,6-7H2,1H3,(H,15,16). The number of hydrogen-bond acceptors (Lipinski definition) is 4. The van der Waals surface area contributed by atoms with Crippen molar-refractivity contribution in [1.29, 1.82) is 0 Å². The van der Waals surface area contributed by atoms with Gasteiger partial charge in [0, 0.05) is 7.11 Å². The van der Waals surface area contributed by atoms with Crippen molar-refractivity contribution in [3.8, 4) is 5.75 Å². The first-order valence-electron chi connectivity index (χ1n) is 5.41. The van der Waals surface area contributed by atoms with E-state index < -0.39 is 12.1 Å². The molecule has 1 amide bonds. The predicted molar refractivity (Wildman–Crippen MR) is 62.7 cm³/mol. The zero-order valence-corrected chi connectivity index (χ0v) is 9.83. The maximum atomic E-state index is 11.9. The van der Waals surface area contributed by atoms with Gasteiger partial charge >= 0.3 is 5.97 Å². The van der Waals surface area contributed by atoms with Gasteiger partial charge in [-0.3, -0.25) is 4.79 Å². The van der Waals surface area contributed by atoms with Gasteiger partial charge in [-0.05, 0) is 12.1 Å². The third-order valence-corrected chi connectivity index (χ3v) is 2.62. The molecule has 1 N–H and O–H groups in total. The van der Waals surface area contributed by atoms with Gasteiger partial charge in [-0.25, -0.2) is 4.79 Å². The van der Waals surface area contributed by atoms with Crippen LogP contribution >= 0.6 is 0 Å². The van der Waals surface area contributed by atoms with Gasteiger partial charge in [-0.1, -0.05) is 12.1 Å². The molecular weight excluding hydrogens is 238 g/mol. The maximum Gasteiger partial charge on any atom is 0.346 e. The number of nitrogens with zero attached hydrogens (tertiary/aromatic N) is 1. The lowest BCUT2D eigenvalue weighted by molar-refractivity contribution is -0.145. The number of benzene rings is 1. The minimum atomic E-state index is -1.10. The number of aliphatic carboxylic acids is 1. The van der Waals surface area contributed by atoms with E-state index in [0.717, 1.165) is 0 Å². The van der Waals surface area contributed by atoms with E-state index in [9.17, 15) is 9.59 Å². The van der Waals surface area contributed by atoms with E-state index in [-0.39, 0.29) is 19.1 Å². The molecule has 0 saturated carbocycles. The zero-order chi connectivity index (χ0) is 13.1. The van der Waals surface area contributed by atoms with Crippen LogP contribution in [0.1, 0.15) is 0 Å². The number of carboxylic acid groups (broad SMARTS) is 1. The first-order valence-corrected chi connectivity index (χ1v) is 5.41. The van der Waals surface area contributed by atoms with Crippen molar-refractivity contribution in [2.75, 3.05) is 25.2 Å². The van der Waals surface area contributed by atoms with Crippen molar-refractivity contribution < 1.29 is 24.2 Å². The highest BCUT2D eigenvalue weighted by Gasteiger charge is 2.33. The summed E-state index contributed by atoms with van der Waals surface area (Å²) in [7, 11) is 1.42. The average Bonchev–Trinajstić information content (AvgIpc) is 2.37. The fourth-order valence-electron chi connectivity index (χ4n) is 1.80. The second-order valence-electron chi connectivity index (χ2n) is 3.85. The fourth-order valence-corrected chi connectivity index (χ4v) is 1.80. The van der Waals surface area contributed by atoms with E-state index in [1.165, 1.54) is 12.0 Å². The molecule has 0 radical (unpaired) electrons. The first kappa shape index (κ1) is 12.4. The third-order valence-electron chi connectivity index (χ3n) is 2.62. The molecule has 0 spiro atoms. The van der Waals surface area contributed by atoms with E-state index in [0.29, 0.717) is 11.4 Å². The van der Waals surface area contributed by atoms with Crippen molar-refractivity contribution in [3.63, 3.8) is 0 Å². The van der Waals surface area contributed by atoms with Crippen molar-refractivity contribution in [2.24, 2.45) is 0 Å². The lowest BCUT2D eigenvalue weighted by atomic mass is 10.2. The van der Waals surface area contributed by atoms with E-state index in [1.807, 2.05) is 0 Å². The normalized spacial score (nSPS) is 17.8. The molecule has 1 aliphatic rings. The lowest BCUT2D eigenvalue weighted by Crippen LogP contribution is -2.48. The van der Waals surface area contributed by atoms with Crippen molar-refractivity contribution >= 4 is 17.6 Å². The van der Waals surface area contributed by atoms with Gasteiger partial charge in [-0.2, -0.15) is 0 Å². The Hall–Kier alpha value is -2.08. The van der Waals surface area contributed by atoms with Crippen LogP contribution in [0, 0.1) is 0 Å². The van der Waals surface area contributed by atoms with E-state index >= 15 is 0 Å². The summed E-state index contributed by atoms with van der Waals surface area (Å²) in [5, 5.41) is 9.00. The number of ether oxygens (including phenoxy) is 2. The van der Waals surface area contributed by atoms with Gasteiger partial charge in [0.1, 0.15) is 12.4 Å². The summed E-state index contributed by atoms with van der Waals surface area (Å²) in [4.78, 5) is 24.3. The summed E-state index contributed by atoms with van der Waals surface area (Å²) < 4.78 is 10.1. The second-order valence-corrected chi connectivity index (χ2v) is 3.85. The molecular formula is C12H13NO5. The van der Waals surface area contributed by atoms with Crippen LogP contribution < -0.4 is 9.64 Å². The van der Waals surface area contributed by atoms with Gasteiger partial charge in [0.25, 0.3) is 5.91 Å². The summed E-state index contributed by atoms with van der Waals surface area (Å²) in [5.74, 6) is -1.00. The Morgan fingerprint density at radius 3 is 2.89 bits per heavy atom. The van der Waals surface area contributed by atoms with Crippen LogP contribution in [0.2, 0.25) is 0 Å². The summed E-state index contributed by atoms with van der Waals surface area (Å²) >= 11 is 0. The number of amides is 1. The SMILES string of the molecule is COCC(=O)N1CC(C(=O)O)Oc2ccccc21. The Morgan fingerprint density at radius 1 is 1.50 bits per heavy atom. The van der Waals surface area contributed by atoms with E-state index in [1.54, 1.807) is 24.3 Å². The van der Waals surface area contributed by atoms with Crippen LogP contribution in [-0.2, 0) is 14.3 Å². The molecule has 6 nitrogen and oxygen atoms in total. The Morgan fingerprint density at radius 2 is 2.22 bits per heavy atom. The summed E-state index contributed by atoms with van der Waals surface area (Å²) in [6.07, 6.45) is -1.05. The minimum absolute atomic E-state index is 0.0193. The zero-order valence-electron chi connectivity index (χ0n) is 9.83. The Kier molecular flexibility index (Phi) is 3.47. The van der Waals surface area contributed by atoms with E-state index in [2.05, 4.69) is 0 Å². The molecule has 1 aromatic carbocycles. The molecule has 0 bridgehead atoms. The summed E-state index contributed by atoms with van der Waals surface area (Å²) in [6.45, 7) is -0.116. The van der Waals surface area contributed by atoms with Crippen LogP contribution in [0.25, 0.3) is 0 Å². The molecule has 1 unspecified atom stereocenters. The van der Waals surface area contributed by atoms with Gasteiger partial charge in [0.05, 0.1) is 12.2 Å². The lowest BCUT2D eigenvalue weighted by Gasteiger charge is -2.32. The molecule has 0 aromatic heterocycles. The van der Waals surface area contributed by atoms with Crippen molar-refractivity contribution in [1.82, 2.24) is 0 Å². The number of hydrogen-bond donors (Lipinski definition) is 1. The average molecular weight is 251 g/mol. The van der Waals surface area contributed by atoms with Crippen LogP contribution in [-0.4, -0.2) is 43.3 Å². The Labute approximate surface area is 104 Å². The van der Waals surface area contributed by atoms with Crippen molar-refractivity contribution in [2.45, 2.75) is 6.10 Å². The molecule has 6 heteroatoms. The quantitative estimate of drug-likeness (QED) is 0.847. The highest BCUT2D eigenvalue weighted by atomic mass is 16.5. The number of carbonyl (C=O) groups is 2. The number of fused-ring (bicyclic) bond motifs is 1. The first-order chi connectivity index (χ1) is 8.63. The number of carboxylic acids is 1. The molecule has 0 aliphatic carbocycles. The van der Waals surface area contributed by atoms with Gasteiger partial charge in [0.2, 0.25) is 6.10 Å². The maximum absolute atomic E-state index is 11.9. The highest BCUT2D eigenvalue weighted by molar-refractivity contribution is 5.97. The highest BCUT2D eigenvalue weighted by Crippen LogP contribution is 2.33. The number of methoxy groups -OCH3 is 1. The molecule has 18 heavy (non-hydrogen) atoms. The van der Waals surface area contributed by atoms with Crippen LogP contribution in [0.4, 0.5) is 5.69 Å². The monoisotopic (exact) mass is 251 g/mol. The topological polar surface area (TPSA) is 76.1 Å². The molecule has 2 rings (SSSR count). The second kappa shape index (κ2) is 5.05. The van der Waals surface area contributed by atoms with Crippen LogP contribution in [0.5, 0.6) is 5.75 Å². The van der Waals surface area contributed by atoms with E-state index in [4.69, 9.17) is 14.6 Å².